The van der Waals surface area contributed by atoms with Gasteiger partial charge in [0, 0.05) is 18.7 Å². The molecule has 0 aliphatic heterocycles. The van der Waals surface area contributed by atoms with Crippen LogP contribution in [0.5, 0.6) is 0 Å². The highest BCUT2D eigenvalue weighted by Gasteiger charge is 2.04. The molecule has 1 atom stereocenters. The Labute approximate surface area is 119 Å². The second kappa shape index (κ2) is 6.87. The quantitative estimate of drug-likeness (QED) is 0.846. The smallest absolute Gasteiger partial charge is 0.248 e. The molecule has 0 saturated carbocycles. The van der Waals surface area contributed by atoms with Crippen LogP contribution in [-0.4, -0.2) is 12.5 Å². The highest BCUT2D eigenvalue weighted by molar-refractivity contribution is 5.92. The van der Waals surface area contributed by atoms with Gasteiger partial charge < -0.3 is 11.1 Å². The van der Waals surface area contributed by atoms with Gasteiger partial charge in [0.25, 0.3) is 0 Å². The summed E-state index contributed by atoms with van der Waals surface area (Å²) in [7, 11) is 0. The fourth-order valence-corrected chi connectivity index (χ4v) is 2.12. The van der Waals surface area contributed by atoms with E-state index in [9.17, 15) is 4.79 Å². The van der Waals surface area contributed by atoms with Gasteiger partial charge in [-0.05, 0) is 29.2 Å². The van der Waals surface area contributed by atoms with Gasteiger partial charge >= 0.3 is 0 Å². The van der Waals surface area contributed by atoms with Gasteiger partial charge in [0.2, 0.25) is 5.91 Å². The van der Waals surface area contributed by atoms with E-state index in [1.807, 2.05) is 18.2 Å². The predicted molar refractivity (Wildman–Crippen MR) is 81.5 cm³/mol. The number of carbonyl (C=O) groups is 1. The van der Waals surface area contributed by atoms with E-state index in [0.717, 1.165) is 18.7 Å². The Morgan fingerprint density at radius 3 is 2.35 bits per heavy atom. The zero-order chi connectivity index (χ0) is 14.4. The summed E-state index contributed by atoms with van der Waals surface area (Å²) in [4.78, 5) is 11.0. The molecule has 2 aromatic carbocycles. The third-order valence-electron chi connectivity index (χ3n) is 3.39. The summed E-state index contributed by atoms with van der Waals surface area (Å²) in [6.07, 6.45) is 0. The second-order valence-electron chi connectivity index (χ2n) is 5.00. The van der Waals surface area contributed by atoms with Crippen LogP contribution in [-0.2, 0) is 6.54 Å². The van der Waals surface area contributed by atoms with Gasteiger partial charge in [0.05, 0.1) is 0 Å². The third kappa shape index (κ3) is 3.93. The van der Waals surface area contributed by atoms with Crippen molar-refractivity contribution in [1.29, 1.82) is 0 Å². The summed E-state index contributed by atoms with van der Waals surface area (Å²) >= 11 is 0. The average Bonchev–Trinajstić information content (AvgIpc) is 2.48. The van der Waals surface area contributed by atoms with Crippen molar-refractivity contribution in [2.75, 3.05) is 6.54 Å². The number of benzene rings is 2. The van der Waals surface area contributed by atoms with Crippen LogP contribution in [0.1, 0.15) is 34.3 Å². The lowest BCUT2D eigenvalue weighted by molar-refractivity contribution is 0.100. The van der Waals surface area contributed by atoms with Crippen molar-refractivity contribution >= 4 is 5.91 Å². The molecule has 2 rings (SSSR count). The lowest BCUT2D eigenvalue weighted by Crippen LogP contribution is -2.19. The maximum Gasteiger partial charge on any atom is 0.248 e. The molecular formula is C17H20N2O. The lowest BCUT2D eigenvalue weighted by Gasteiger charge is -2.13. The van der Waals surface area contributed by atoms with Crippen molar-refractivity contribution in [2.45, 2.75) is 19.4 Å². The number of amides is 1. The highest BCUT2D eigenvalue weighted by Crippen LogP contribution is 2.13. The fourth-order valence-electron chi connectivity index (χ4n) is 2.12. The minimum atomic E-state index is -0.387. The van der Waals surface area contributed by atoms with Crippen LogP contribution in [0.25, 0.3) is 0 Å². The van der Waals surface area contributed by atoms with Crippen molar-refractivity contribution in [3.05, 3.63) is 71.3 Å². The van der Waals surface area contributed by atoms with E-state index in [1.165, 1.54) is 5.56 Å². The van der Waals surface area contributed by atoms with Crippen LogP contribution in [0, 0.1) is 0 Å². The first-order valence-electron chi connectivity index (χ1n) is 6.81. The first kappa shape index (κ1) is 14.3. The summed E-state index contributed by atoms with van der Waals surface area (Å²) in [5, 5.41) is 3.43. The summed E-state index contributed by atoms with van der Waals surface area (Å²) in [6, 6.07) is 17.8. The molecule has 0 saturated heterocycles. The van der Waals surface area contributed by atoms with Gasteiger partial charge in [-0.1, -0.05) is 49.4 Å². The van der Waals surface area contributed by atoms with Crippen LogP contribution in [0.2, 0.25) is 0 Å². The largest absolute Gasteiger partial charge is 0.366 e. The van der Waals surface area contributed by atoms with Gasteiger partial charge in [-0.2, -0.15) is 0 Å². The Balaban J connectivity index is 1.82. The molecule has 0 aliphatic carbocycles. The molecule has 0 radical (unpaired) electrons. The zero-order valence-electron chi connectivity index (χ0n) is 11.7. The summed E-state index contributed by atoms with van der Waals surface area (Å²) in [5.74, 6) is 0.0864. The van der Waals surface area contributed by atoms with Gasteiger partial charge in [-0.15, -0.1) is 0 Å². The number of rotatable bonds is 6. The first-order chi connectivity index (χ1) is 9.66. The van der Waals surface area contributed by atoms with Crippen molar-refractivity contribution in [3.63, 3.8) is 0 Å². The van der Waals surface area contributed by atoms with Crippen LogP contribution in [0.3, 0.4) is 0 Å². The summed E-state index contributed by atoms with van der Waals surface area (Å²) < 4.78 is 0. The van der Waals surface area contributed by atoms with Crippen molar-refractivity contribution in [1.82, 2.24) is 5.32 Å². The standard InChI is InChI=1S/C17H20N2O/c1-13(15-5-3-2-4-6-15)11-19-12-14-7-9-16(10-8-14)17(18)20/h2-10,13,19H,11-12H2,1H3,(H2,18,20)/t13-/m0/s1. The molecular weight excluding hydrogens is 248 g/mol. The molecule has 1 amide bonds. The van der Waals surface area contributed by atoms with E-state index < -0.39 is 0 Å². The van der Waals surface area contributed by atoms with E-state index in [4.69, 9.17) is 5.73 Å². The normalized spacial score (nSPS) is 12.1. The fraction of sp³-hybridized carbons (Fsp3) is 0.235. The van der Waals surface area contributed by atoms with Crippen molar-refractivity contribution in [3.8, 4) is 0 Å². The Hall–Kier alpha value is -2.13. The van der Waals surface area contributed by atoms with E-state index >= 15 is 0 Å². The molecule has 2 aromatic rings. The predicted octanol–water partition coefficient (Wildman–Crippen LogP) is 2.68. The number of primary amides is 1. The van der Waals surface area contributed by atoms with E-state index in [2.05, 4.69) is 36.5 Å². The Bertz CT molecular complexity index is 549. The van der Waals surface area contributed by atoms with Crippen molar-refractivity contribution < 1.29 is 4.79 Å². The monoisotopic (exact) mass is 268 g/mol. The first-order valence-corrected chi connectivity index (χ1v) is 6.81. The third-order valence-corrected chi connectivity index (χ3v) is 3.39. The molecule has 0 fully saturated rings. The minimum Gasteiger partial charge on any atom is -0.366 e. The molecule has 0 heterocycles. The Kier molecular flexibility index (Phi) is 4.91. The lowest BCUT2D eigenvalue weighted by atomic mass is 10.0. The van der Waals surface area contributed by atoms with Gasteiger partial charge in [-0.3, -0.25) is 4.79 Å². The van der Waals surface area contributed by atoms with Gasteiger partial charge in [-0.25, -0.2) is 0 Å². The summed E-state index contributed by atoms with van der Waals surface area (Å²) in [5.41, 5.74) is 8.25. The number of carbonyl (C=O) groups excluding carboxylic acids is 1. The topological polar surface area (TPSA) is 55.1 Å². The SMILES string of the molecule is C[C@@H](CNCc1ccc(C(N)=O)cc1)c1ccccc1. The minimum absolute atomic E-state index is 0.387. The van der Waals surface area contributed by atoms with Crippen molar-refractivity contribution in [2.24, 2.45) is 5.73 Å². The van der Waals surface area contributed by atoms with E-state index in [1.54, 1.807) is 12.1 Å². The van der Waals surface area contributed by atoms with Gasteiger partial charge in [0.15, 0.2) is 0 Å². The molecule has 104 valence electrons. The zero-order valence-corrected chi connectivity index (χ0v) is 11.7. The number of nitrogens with two attached hydrogens (primary N) is 1. The highest BCUT2D eigenvalue weighted by atomic mass is 16.1. The van der Waals surface area contributed by atoms with E-state index in [-0.39, 0.29) is 5.91 Å². The molecule has 3 N–H and O–H groups in total. The number of hydrogen-bond acceptors (Lipinski definition) is 2. The number of hydrogen-bond donors (Lipinski definition) is 2. The Morgan fingerprint density at radius 1 is 1.10 bits per heavy atom. The molecule has 3 nitrogen and oxygen atoms in total. The summed E-state index contributed by atoms with van der Waals surface area (Å²) in [6.45, 7) is 3.91. The molecule has 0 spiro atoms. The molecule has 0 bridgehead atoms. The van der Waals surface area contributed by atoms with Crippen LogP contribution >= 0.6 is 0 Å². The Morgan fingerprint density at radius 2 is 1.75 bits per heavy atom. The molecule has 0 unspecified atom stereocenters. The maximum absolute atomic E-state index is 11.0. The molecule has 0 aliphatic rings. The molecule has 20 heavy (non-hydrogen) atoms. The van der Waals surface area contributed by atoms with Crippen LogP contribution in [0.15, 0.2) is 54.6 Å². The average molecular weight is 268 g/mol. The van der Waals surface area contributed by atoms with E-state index in [0.29, 0.717) is 11.5 Å². The molecule has 0 aromatic heterocycles. The maximum atomic E-state index is 11.0. The van der Waals surface area contributed by atoms with Gasteiger partial charge in [0.1, 0.15) is 0 Å². The van der Waals surface area contributed by atoms with Crippen LogP contribution in [0.4, 0.5) is 0 Å². The van der Waals surface area contributed by atoms with Crippen LogP contribution < -0.4 is 11.1 Å². The number of nitrogens with one attached hydrogen (secondary N) is 1. The second-order valence-corrected chi connectivity index (χ2v) is 5.00. The molecule has 3 heteroatoms.